The highest BCUT2D eigenvalue weighted by atomic mass is 19.1. The summed E-state index contributed by atoms with van der Waals surface area (Å²) in [4.78, 5) is 3.90. The number of ether oxygens (including phenoxy) is 1. The highest BCUT2D eigenvalue weighted by Gasteiger charge is 2.10. The third-order valence-corrected chi connectivity index (χ3v) is 2.81. The zero-order chi connectivity index (χ0) is 14.4. The highest BCUT2D eigenvalue weighted by molar-refractivity contribution is 5.34. The average molecular weight is 271 g/mol. The van der Waals surface area contributed by atoms with Gasteiger partial charge in [-0.25, -0.2) is 4.39 Å². The standard InChI is InChI=1S/C15H14FN3O/c1-11(19-8-6-17)12-4-5-15(14(16)9-12)20-13-3-2-7-18-10-13/h2-5,7,9-11,19H,8H2,1H3/t11-/m1/s1. The fourth-order valence-corrected chi connectivity index (χ4v) is 1.72. The Kier molecular flexibility index (Phi) is 4.64. The maximum atomic E-state index is 14.0. The summed E-state index contributed by atoms with van der Waals surface area (Å²) in [6.45, 7) is 2.09. The summed E-state index contributed by atoms with van der Waals surface area (Å²) < 4.78 is 19.4. The molecule has 1 heterocycles. The molecule has 0 aliphatic carbocycles. The lowest BCUT2D eigenvalue weighted by molar-refractivity contribution is 0.439. The molecular weight excluding hydrogens is 257 g/mol. The summed E-state index contributed by atoms with van der Waals surface area (Å²) in [5.74, 6) is 0.181. The van der Waals surface area contributed by atoms with Crippen molar-refractivity contribution >= 4 is 0 Å². The van der Waals surface area contributed by atoms with Crippen molar-refractivity contribution in [3.63, 3.8) is 0 Å². The van der Waals surface area contributed by atoms with Crippen LogP contribution in [-0.2, 0) is 0 Å². The molecule has 0 unspecified atom stereocenters. The van der Waals surface area contributed by atoms with E-state index in [2.05, 4.69) is 10.3 Å². The number of aromatic nitrogens is 1. The Hall–Kier alpha value is -2.45. The second-order valence-corrected chi connectivity index (χ2v) is 4.24. The van der Waals surface area contributed by atoms with Gasteiger partial charge in [-0.3, -0.25) is 10.3 Å². The first-order valence-corrected chi connectivity index (χ1v) is 6.18. The van der Waals surface area contributed by atoms with Crippen LogP contribution < -0.4 is 10.1 Å². The molecule has 4 nitrogen and oxygen atoms in total. The molecule has 0 saturated carbocycles. The summed E-state index contributed by atoms with van der Waals surface area (Å²) >= 11 is 0. The van der Waals surface area contributed by atoms with Crippen LogP contribution >= 0.6 is 0 Å². The molecule has 2 rings (SSSR count). The van der Waals surface area contributed by atoms with E-state index in [1.165, 1.54) is 12.3 Å². The number of halogens is 1. The molecule has 0 saturated heterocycles. The molecule has 0 aliphatic rings. The number of nitriles is 1. The zero-order valence-corrected chi connectivity index (χ0v) is 11.0. The molecule has 2 aromatic rings. The van der Waals surface area contributed by atoms with Gasteiger partial charge in [0.05, 0.1) is 18.8 Å². The zero-order valence-electron chi connectivity index (χ0n) is 11.0. The Balaban J connectivity index is 2.12. The van der Waals surface area contributed by atoms with Crippen LogP contribution in [0.2, 0.25) is 0 Å². The smallest absolute Gasteiger partial charge is 0.166 e. The van der Waals surface area contributed by atoms with Gasteiger partial charge in [0.2, 0.25) is 0 Å². The van der Waals surface area contributed by atoms with Crippen molar-refractivity contribution in [3.05, 3.63) is 54.1 Å². The average Bonchev–Trinajstić information content (AvgIpc) is 2.48. The number of nitrogens with one attached hydrogen (secondary N) is 1. The topological polar surface area (TPSA) is 57.9 Å². The minimum Gasteiger partial charge on any atom is -0.453 e. The minimum absolute atomic E-state index is 0.100. The van der Waals surface area contributed by atoms with E-state index in [9.17, 15) is 4.39 Å². The van der Waals surface area contributed by atoms with Gasteiger partial charge < -0.3 is 4.74 Å². The monoisotopic (exact) mass is 271 g/mol. The third kappa shape index (κ3) is 3.53. The van der Waals surface area contributed by atoms with Crippen LogP contribution in [0.5, 0.6) is 11.5 Å². The Morgan fingerprint density at radius 2 is 2.30 bits per heavy atom. The molecule has 1 N–H and O–H groups in total. The quantitative estimate of drug-likeness (QED) is 0.848. The van der Waals surface area contributed by atoms with Crippen LogP contribution in [0.3, 0.4) is 0 Å². The van der Waals surface area contributed by atoms with Gasteiger partial charge in [0.1, 0.15) is 5.75 Å². The maximum absolute atomic E-state index is 14.0. The first kappa shape index (κ1) is 14.0. The highest BCUT2D eigenvalue weighted by Crippen LogP contribution is 2.26. The molecule has 1 aromatic heterocycles. The van der Waals surface area contributed by atoms with E-state index < -0.39 is 5.82 Å². The Morgan fingerprint density at radius 3 is 2.95 bits per heavy atom. The van der Waals surface area contributed by atoms with Gasteiger partial charge in [-0.15, -0.1) is 0 Å². The van der Waals surface area contributed by atoms with Gasteiger partial charge in [-0.05, 0) is 36.8 Å². The fraction of sp³-hybridized carbons (Fsp3) is 0.200. The van der Waals surface area contributed by atoms with E-state index in [0.717, 1.165) is 5.56 Å². The number of nitrogens with zero attached hydrogens (tertiary/aromatic N) is 2. The van der Waals surface area contributed by atoms with E-state index in [-0.39, 0.29) is 18.3 Å². The Labute approximate surface area is 116 Å². The lowest BCUT2D eigenvalue weighted by atomic mass is 10.1. The molecule has 0 bridgehead atoms. The predicted octanol–water partition coefficient (Wildman–Crippen LogP) is 3.19. The van der Waals surface area contributed by atoms with Gasteiger partial charge >= 0.3 is 0 Å². The Bertz CT molecular complexity index is 610. The van der Waals surface area contributed by atoms with Gasteiger partial charge in [0.25, 0.3) is 0 Å². The van der Waals surface area contributed by atoms with Crippen molar-refractivity contribution < 1.29 is 9.13 Å². The summed E-state index contributed by atoms with van der Waals surface area (Å²) in [7, 11) is 0. The summed E-state index contributed by atoms with van der Waals surface area (Å²) in [6, 6.07) is 10.1. The lowest BCUT2D eigenvalue weighted by Gasteiger charge is -2.13. The third-order valence-electron chi connectivity index (χ3n) is 2.81. The van der Waals surface area contributed by atoms with Crippen LogP contribution in [0.4, 0.5) is 4.39 Å². The number of benzene rings is 1. The van der Waals surface area contributed by atoms with Gasteiger partial charge in [-0.2, -0.15) is 5.26 Å². The molecule has 0 amide bonds. The molecule has 0 radical (unpaired) electrons. The first-order chi connectivity index (χ1) is 9.70. The predicted molar refractivity (Wildman–Crippen MR) is 72.7 cm³/mol. The van der Waals surface area contributed by atoms with Crippen molar-refractivity contribution in [1.82, 2.24) is 10.3 Å². The molecule has 0 spiro atoms. The normalized spacial score (nSPS) is 11.7. The fourth-order valence-electron chi connectivity index (χ4n) is 1.72. The van der Waals surface area contributed by atoms with E-state index >= 15 is 0 Å². The molecule has 0 aliphatic heterocycles. The van der Waals surface area contributed by atoms with E-state index in [0.29, 0.717) is 5.75 Å². The van der Waals surface area contributed by atoms with Gasteiger partial charge in [-0.1, -0.05) is 6.07 Å². The molecular formula is C15H14FN3O. The first-order valence-electron chi connectivity index (χ1n) is 6.18. The van der Waals surface area contributed by atoms with Crippen molar-refractivity contribution in [2.75, 3.05) is 6.54 Å². The van der Waals surface area contributed by atoms with E-state index in [1.54, 1.807) is 30.5 Å². The number of rotatable bonds is 5. The van der Waals surface area contributed by atoms with Crippen molar-refractivity contribution in [2.24, 2.45) is 0 Å². The van der Waals surface area contributed by atoms with Crippen molar-refractivity contribution in [3.8, 4) is 17.6 Å². The Morgan fingerprint density at radius 1 is 1.45 bits per heavy atom. The van der Waals surface area contributed by atoms with Gasteiger partial charge in [0, 0.05) is 12.2 Å². The second kappa shape index (κ2) is 6.64. The van der Waals surface area contributed by atoms with Crippen LogP contribution in [0.15, 0.2) is 42.7 Å². The maximum Gasteiger partial charge on any atom is 0.166 e. The van der Waals surface area contributed by atoms with Crippen LogP contribution in [-0.4, -0.2) is 11.5 Å². The molecule has 102 valence electrons. The summed E-state index contributed by atoms with van der Waals surface area (Å²) in [5.41, 5.74) is 0.760. The summed E-state index contributed by atoms with van der Waals surface area (Å²) in [6.07, 6.45) is 3.14. The van der Waals surface area contributed by atoms with Crippen molar-refractivity contribution in [2.45, 2.75) is 13.0 Å². The number of hydrogen-bond acceptors (Lipinski definition) is 4. The van der Waals surface area contributed by atoms with Gasteiger partial charge in [0.15, 0.2) is 11.6 Å². The lowest BCUT2D eigenvalue weighted by Crippen LogP contribution is -2.18. The minimum atomic E-state index is -0.447. The molecule has 5 heteroatoms. The number of hydrogen-bond donors (Lipinski definition) is 1. The molecule has 1 aromatic carbocycles. The van der Waals surface area contributed by atoms with Crippen LogP contribution in [0.1, 0.15) is 18.5 Å². The SMILES string of the molecule is C[C@@H](NCC#N)c1ccc(Oc2cccnc2)c(F)c1. The number of pyridine rings is 1. The van der Waals surface area contributed by atoms with Crippen LogP contribution in [0, 0.1) is 17.1 Å². The molecule has 1 atom stereocenters. The largest absolute Gasteiger partial charge is 0.453 e. The van der Waals surface area contributed by atoms with E-state index in [1.807, 2.05) is 13.0 Å². The molecule has 0 fully saturated rings. The second-order valence-electron chi connectivity index (χ2n) is 4.24. The van der Waals surface area contributed by atoms with Crippen molar-refractivity contribution in [1.29, 1.82) is 5.26 Å². The molecule has 20 heavy (non-hydrogen) atoms. The van der Waals surface area contributed by atoms with Crippen LogP contribution in [0.25, 0.3) is 0 Å². The van der Waals surface area contributed by atoms with E-state index in [4.69, 9.17) is 10.00 Å². The summed E-state index contributed by atoms with van der Waals surface area (Å²) in [5, 5.41) is 11.5.